The van der Waals surface area contributed by atoms with E-state index in [9.17, 15) is 26.7 Å². The normalized spacial score (nSPS) is 13.3. The van der Waals surface area contributed by atoms with Crippen LogP contribution in [-0.4, -0.2) is 25.3 Å². The fourth-order valence-electron chi connectivity index (χ4n) is 2.58. The molecule has 2 heterocycles. The number of benzene rings is 1. The van der Waals surface area contributed by atoms with E-state index in [1.165, 1.54) is 19.1 Å². The van der Waals surface area contributed by atoms with E-state index in [0.717, 1.165) is 10.9 Å². The molecule has 144 valence electrons. The number of carbonyl (C=O) groups is 1. The van der Waals surface area contributed by atoms with E-state index in [4.69, 9.17) is 4.74 Å². The number of nitrogens with zero attached hydrogens (tertiary/aromatic N) is 4. The van der Waals surface area contributed by atoms with Crippen molar-refractivity contribution in [3.05, 3.63) is 48.0 Å². The summed E-state index contributed by atoms with van der Waals surface area (Å²) in [6, 6.07) is 6.90. The minimum absolute atomic E-state index is 0.170. The Morgan fingerprint density at radius 2 is 1.93 bits per heavy atom. The number of esters is 1. The third-order valence-corrected chi connectivity index (χ3v) is 3.71. The number of aromatic nitrogens is 4. The predicted molar refractivity (Wildman–Crippen MR) is 82.7 cm³/mol. The molecule has 2 aromatic heterocycles. The highest BCUT2D eigenvalue weighted by Crippen LogP contribution is 2.29. The van der Waals surface area contributed by atoms with Gasteiger partial charge in [-0.2, -0.15) is 27.1 Å². The molecule has 1 atom stereocenters. The van der Waals surface area contributed by atoms with Gasteiger partial charge in [0.2, 0.25) is 0 Å². The molecule has 0 fully saturated rings. The summed E-state index contributed by atoms with van der Waals surface area (Å²) in [7, 11) is 0. The first-order valence-electron chi connectivity index (χ1n) is 7.72. The molecule has 3 rings (SSSR count). The standard InChI is InChI=1S/C16H13F5N4O2/c1-9(14-22-10-4-2-3-5-11(10)25(14)15(17)18)27-13(26)8-24-7-6-12(23-24)16(19,20)21/h2-7,9,15H,8H2,1H3. The SMILES string of the molecule is CC(OC(=O)Cn1ccc(C(F)(F)F)n1)c1nc2ccccc2n1C(F)F. The number of alkyl halides is 5. The number of carbonyl (C=O) groups excluding carboxylic acids is 1. The third-order valence-electron chi connectivity index (χ3n) is 3.71. The van der Waals surface area contributed by atoms with Gasteiger partial charge in [0.15, 0.2) is 17.6 Å². The molecule has 0 radical (unpaired) electrons. The summed E-state index contributed by atoms with van der Waals surface area (Å²) in [6.45, 7) is -2.16. The molecule has 0 aliphatic heterocycles. The van der Waals surface area contributed by atoms with Crippen LogP contribution >= 0.6 is 0 Å². The van der Waals surface area contributed by atoms with Gasteiger partial charge in [-0.3, -0.25) is 14.0 Å². The van der Waals surface area contributed by atoms with Crippen LogP contribution in [0.5, 0.6) is 0 Å². The first-order valence-corrected chi connectivity index (χ1v) is 7.72. The number of halogens is 5. The van der Waals surface area contributed by atoms with E-state index in [0.29, 0.717) is 16.2 Å². The highest BCUT2D eigenvalue weighted by Gasteiger charge is 2.33. The van der Waals surface area contributed by atoms with E-state index in [2.05, 4.69) is 10.1 Å². The van der Waals surface area contributed by atoms with Crippen molar-refractivity contribution in [1.29, 1.82) is 0 Å². The lowest BCUT2D eigenvalue weighted by Gasteiger charge is -2.15. The van der Waals surface area contributed by atoms with Crippen molar-refractivity contribution in [2.24, 2.45) is 0 Å². The smallest absolute Gasteiger partial charge is 0.435 e. The Labute approximate surface area is 149 Å². The fourth-order valence-corrected chi connectivity index (χ4v) is 2.58. The number of fused-ring (bicyclic) bond motifs is 1. The second kappa shape index (κ2) is 6.97. The van der Waals surface area contributed by atoms with Crippen molar-refractivity contribution >= 4 is 17.0 Å². The minimum Gasteiger partial charge on any atom is -0.453 e. The summed E-state index contributed by atoms with van der Waals surface area (Å²) in [5.41, 5.74) is -0.673. The van der Waals surface area contributed by atoms with Crippen LogP contribution in [0, 0.1) is 0 Å². The molecule has 27 heavy (non-hydrogen) atoms. The summed E-state index contributed by atoms with van der Waals surface area (Å²) in [6.07, 6.45) is -4.80. The zero-order chi connectivity index (χ0) is 19.8. The molecule has 0 saturated heterocycles. The summed E-state index contributed by atoms with van der Waals surface area (Å²) in [4.78, 5) is 16.0. The van der Waals surface area contributed by atoms with Crippen LogP contribution in [0.25, 0.3) is 11.0 Å². The Morgan fingerprint density at radius 1 is 1.22 bits per heavy atom. The van der Waals surface area contributed by atoms with Crippen molar-refractivity contribution < 1.29 is 31.5 Å². The van der Waals surface area contributed by atoms with Gasteiger partial charge < -0.3 is 4.74 Å². The lowest BCUT2D eigenvalue weighted by molar-refractivity contribution is -0.151. The number of para-hydroxylation sites is 2. The maximum Gasteiger partial charge on any atom is 0.435 e. The molecule has 0 bridgehead atoms. The molecule has 1 aromatic carbocycles. The number of ether oxygens (including phenoxy) is 1. The van der Waals surface area contributed by atoms with E-state index < -0.39 is 37.0 Å². The van der Waals surface area contributed by atoms with Gasteiger partial charge in [-0.25, -0.2) is 4.98 Å². The molecule has 0 spiro atoms. The van der Waals surface area contributed by atoms with E-state index in [1.54, 1.807) is 12.1 Å². The van der Waals surface area contributed by atoms with E-state index in [-0.39, 0.29) is 11.3 Å². The van der Waals surface area contributed by atoms with E-state index >= 15 is 0 Å². The summed E-state index contributed by atoms with van der Waals surface area (Å²) in [5.74, 6) is -1.11. The molecule has 0 aliphatic rings. The Hall–Kier alpha value is -2.98. The molecule has 0 amide bonds. The fraction of sp³-hybridized carbons (Fsp3) is 0.312. The monoisotopic (exact) mass is 388 g/mol. The average molecular weight is 388 g/mol. The van der Waals surface area contributed by atoms with Crippen molar-refractivity contribution in [2.75, 3.05) is 0 Å². The Balaban J connectivity index is 1.76. The summed E-state index contributed by atoms with van der Waals surface area (Å²) < 4.78 is 70.8. The molecule has 0 N–H and O–H groups in total. The minimum atomic E-state index is -4.63. The maximum absolute atomic E-state index is 13.4. The average Bonchev–Trinajstić information content (AvgIpc) is 3.18. The number of hydrogen-bond acceptors (Lipinski definition) is 4. The van der Waals surface area contributed by atoms with Crippen molar-refractivity contribution in [3.8, 4) is 0 Å². The first kappa shape index (κ1) is 18.8. The zero-order valence-electron chi connectivity index (χ0n) is 13.8. The van der Waals surface area contributed by atoms with Crippen LogP contribution in [-0.2, 0) is 22.3 Å². The lowest BCUT2D eigenvalue weighted by atomic mass is 10.3. The Kier molecular flexibility index (Phi) is 4.85. The molecule has 0 saturated carbocycles. The van der Waals surface area contributed by atoms with Gasteiger partial charge in [-0.1, -0.05) is 12.1 Å². The topological polar surface area (TPSA) is 61.9 Å². The van der Waals surface area contributed by atoms with Gasteiger partial charge in [0.05, 0.1) is 11.0 Å². The Bertz CT molecular complexity index is 963. The Morgan fingerprint density at radius 3 is 2.56 bits per heavy atom. The highest BCUT2D eigenvalue weighted by molar-refractivity contribution is 5.76. The van der Waals surface area contributed by atoms with E-state index in [1.807, 2.05) is 0 Å². The van der Waals surface area contributed by atoms with Crippen molar-refractivity contribution in [2.45, 2.75) is 32.3 Å². The van der Waals surface area contributed by atoms with Crippen LogP contribution in [0.4, 0.5) is 22.0 Å². The van der Waals surface area contributed by atoms with Gasteiger partial charge >= 0.3 is 18.7 Å². The van der Waals surface area contributed by atoms with Gasteiger partial charge in [-0.15, -0.1) is 0 Å². The predicted octanol–water partition coefficient (Wildman–Crippen LogP) is 3.95. The quantitative estimate of drug-likeness (QED) is 0.491. The van der Waals surface area contributed by atoms with Gasteiger partial charge in [0.1, 0.15) is 6.54 Å². The number of hydrogen-bond donors (Lipinski definition) is 0. The first-order chi connectivity index (χ1) is 12.7. The van der Waals surface area contributed by atoms with Crippen LogP contribution in [0.15, 0.2) is 36.5 Å². The van der Waals surface area contributed by atoms with Gasteiger partial charge in [-0.05, 0) is 25.1 Å². The molecule has 0 aliphatic carbocycles. The van der Waals surface area contributed by atoms with Crippen LogP contribution in [0.2, 0.25) is 0 Å². The molecule has 1 unspecified atom stereocenters. The molecule has 6 nitrogen and oxygen atoms in total. The summed E-state index contributed by atoms with van der Waals surface area (Å²) >= 11 is 0. The molecular formula is C16H13F5N4O2. The second-order valence-corrected chi connectivity index (χ2v) is 5.63. The van der Waals surface area contributed by atoms with Crippen molar-refractivity contribution in [3.63, 3.8) is 0 Å². The number of imidazole rings is 1. The maximum atomic E-state index is 13.4. The third kappa shape index (κ3) is 3.91. The largest absolute Gasteiger partial charge is 0.453 e. The highest BCUT2D eigenvalue weighted by atomic mass is 19.4. The van der Waals surface area contributed by atoms with Crippen LogP contribution < -0.4 is 0 Å². The molecular weight excluding hydrogens is 375 g/mol. The summed E-state index contributed by atoms with van der Waals surface area (Å²) in [5, 5.41) is 3.23. The van der Waals surface area contributed by atoms with Crippen LogP contribution in [0.1, 0.15) is 31.1 Å². The second-order valence-electron chi connectivity index (χ2n) is 5.63. The van der Waals surface area contributed by atoms with Crippen molar-refractivity contribution in [1.82, 2.24) is 19.3 Å². The zero-order valence-corrected chi connectivity index (χ0v) is 13.8. The van der Waals surface area contributed by atoms with Gasteiger partial charge in [0, 0.05) is 6.20 Å². The molecule has 11 heteroatoms. The van der Waals surface area contributed by atoms with Crippen LogP contribution in [0.3, 0.4) is 0 Å². The number of rotatable bonds is 5. The molecule has 3 aromatic rings. The van der Waals surface area contributed by atoms with Gasteiger partial charge in [0.25, 0.3) is 0 Å². The lowest BCUT2D eigenvalue weighted by Crippen LogP contribution is -2.19.